The average Bonchev–Trinajstić information content (AvgIpc) is 3.41. The van der Waals surface area contributed by atoms with Crippen molar-refractivity contribution >= 4 is 23.8 Å². The number of carboxylic acid groups (broad SMARTS) is 2. The molecule has 14 nitrogen and oxygen atoms in total. The van der Waals surface area contributed by atoms with Crippen molar-refractivity contribution < 1.29 is 46.5 Å². The van der Waals surface area contributed by atoms with Crippen molar-refractivity contribution in [2.75, 3.05) is 0 Å². The zero-order valence-electron chi connectivity index (χ0n) is 17.9. The van der Waals surface area contributed by atoms with E-state index in [2.05, 4.69) is 30.6 Å². The number of hydrogen-bond donors (Lipinski definition) is 6. The minimum atomic E-state index is -1.36. The third-order valence-electron chi connectivity index (χ3n) is 3.97. The summed E-state index contributed by atoms with van der Waals surface area (Å²) in [6.07, 6.45) is 6.07. The topological polar surface area (TPSA) is 248 Å². The van der Waals surface area contributed by atoms with Crippen molar-refractivity contribution in [1.82, 2.24) is 30.6 Å². The zero-order chi connectivity index (χ0) is 24.3. The molecule has 0 aliphatic heterocycles. The molecule has 0 aliphatic carbocycles. The number of aliphatic carboxylic acids is 2. The summed E-state index contributed by atoms with van der Waals surface area (Å²) < 4.78 is 0. The molecule has 0 spiro atoms. The molecule has 2 rings (SSSR count). The van der Waals surface area contributed by atoms with Gasteiger partial charge in [0.25, 0.3) is 0 Å². The summed E-state index contributed by atoms with van der Waals surface area (Å²) in [7, 11) is 0. The van der Waals surface area contributed by atoms with Crippen LogP contribution in [0.25, 0.3) is 0 Å². The van der Waals surface area contributed by atoms with E-state index < -0.39 is 47.9 Å². The zero-order valence-corrected chi connectivity index (χ0v) is 19.1. The maximum absolute atomic E-state index is 11.2. The van der Waals surface area contributed by atoms with Crippen molar-refractivity contribution in [2.24, 2.45) is 11.5 Å². The standard InChI is InChI=1S/2C9H14N4O3.Mn/c2*1-5(10)8(14)13-7(9(15)16)2-6-3-11-4-12-6;/h2*3-5,7H,2,10H2,1H3,(H,11,12)(H,13,14)(H,15,16);/q;;+2/p-2/t2*5-,7-;/m00./s1. The Morgan fingerprint density at radius 3 is 1.39 bits per heavy atom. The average molecular weight is 505 g/mol. The van der Waals surface area contributed by atoms with Gasteiger partial charge in [0.2, 0.25) is 11.8 Å². The van der Waals surface area contributed by atoms with Gasteiger partial charge in [0.05, 0.1) is 60.1 Å². The van der Waals surface area contributed by atoms with Gasteiger partial charge in [0.15, 0.2) is 0 Å². The number of carbonyl (C=O) groups excluding carboxylic acids is 4. The van der Waals surface area contributed by atoms with Crippen LogP contribution in [0, 0.1) is 0 Å². The largest absolute Gasteiger partial charge is 2.00 e. The molecule has 0 unspecified atom stereocenters. The van der Waals surface area contributed by atoms with Gasteiger partial charge in [-0.15, -0.1) is 0 Å². The summed E-state index contributed by atoms with van der Waals surface area (Å²) in [5.41, 5.74) is 11.7. The Labute approximate surface area is 199 Å². The van der Waals surface area contributed by atoms with Crippen molar-refractivity contribution in [3.63, 3.8) is 0 Å². The fourth-order valence-corrected chi connectivity index (χ4v) is 2.22. The third-order valence-corrected chi connectivity index (χ3v) is 3.97. The van der Waals surface area contributed by atoms with Gasteiger partial charge >= 0.3 is 17.1 Å². The number of rotatable bonds is 10. The number of nitrogens with zero attached hydrogens (tertiary/aromatic N) is 2. The van der Waals surface area contributed by atoms with Gasteiger partial charge < -0.3 is 51.9 Å². The van der Waals surface area contributed by atoms with Crippen molar-refractivity contribution in [3.05, 3.63) is 36.4 Å². The molecule has 8 N–H and O–H groups in total. The van der Waals surface area contributed by atoms with E-state index in [1.807, 2.05) is 0 Å². The second-order valence-electron chi connectivity index (χ2n) is 6.87. The molecular formula is C18H26MnN8O6. The van der Waals surface area contributed by atoms with E-state index >= 15 is 0 Å². The Morgan fingerprint density at radius 1 is 0.848 bits per heavy atom. The van der Waals surface area contributed by atoms with Crippen LogP contribution in [0.4, 0.5) is 0 Å². The predicted octanol–water partition coefficient (Wildman–Crippen LogP) is -4.93. The first-order valence-corrected chi connectivity index (χ1v) is 9.50. The maximum atomic E-state index is 11.2. The van der Waals surface area contributed by atoms with E-state index in [0.29, 0.717) is 11.4 Å². The Kier molecular flexibility index (Phi) is 13.3. The summed E-state index contributed by atoms with van der Waals surface area (Å²) in [6.45, 7) is 2.94. The minimum absolute atomic E-state index is 0. The molecule has 2 heterocycles. The first-order chi connectivity index (χ1) is 15.0. The van der Waals surface area contributed by atoms with Crippen LogP contribution < -0.4 is 32.3 Å². The Bertz CT molecular complexity index is 800. The minimum Gasteiger partial charge on any atom is -0.548 e. The van der Waals surface area contributed by atoms with Gasteiger partial charge in [0.1, 0.15) is 0 Å². The van der Waals surface area contributed by atoms with E-state index in [1.165, 1.54) is 26.5 Å². The van der Waals surface area contributed by atoms with Crippen LogP contribution in [0.1, 0.15) is 25.2 Å². The van der Waals surface area contributed by atoms with Crippen LogP contribution in [0.5, 0.6) is 0 Å². The summed E-state index contributed by atoms with van der Waals surface area (Å²) in [6, 6.07) is -3.77. The van der Waals surface area contributed by atoms with Gasteiger partial charge in [-0.3, -0.25) is 9.59 Å². The van der Waals surface area contributed by atoms with E-state index in [-0.39, 0.29) is 29.9 Å². The van der Waals surface area contributed by atoms with E-state index in [1.54, 1.807) is 12.4 Å². The molecule has 0 fully saturated rings. The molecule has 15 heteroatoms. The van der Waals surface area contributed by atoms with Crippen LogP contribution in [0.3, 0.4) is 0 Å². The number of amides is 2. The number of hydrogen-bond acceptors (Lipinski definition) is 10. The van der Waals surface area contributed by atoms with E-state index in [0.717, 1.165) is 0 Å². The van der Waals surface area contributed by atoms with Crippen LogP contribution in [-0.4, -0.2) is 67.9 Å². The van der Waals surface area contributed by atoms with Crippen LogP contribution in [0.2, 0.25) is 0 Å². The number of imidazole rings is 2. The summed E-state index contributed by atoms with van der Waals surface area (Å²) in [5, 5.41) is 26.1. The number of aromatic nitrogens is 4. The molecule has 0 saturated heterocycles. The molecule has 2 amide bonds. The fraction of sp³-hybridized carbons (Fsp3) is 0.444. The predicted molar refractivity (Wildman–Crippen MR) is 106 cm³/mol. The second kappa shape index (κ2) is 14.7. The van der Waals surface area contributed by atoms with E-state index in [4.69, 9.17) is 11.5 Å². The van der Waals surface area contributed by atoms with Gasteiger partial charge in [-0.1, -0.05) is 0 Å². The molecule has 181 valence electrons. The molecule has 0 bridgehead atoms. The van der Waals surface area contributed by atoms with Gasteiger partial charge in [-0.05, 0) is 13.8 Å². The van der Waals surface area contributed by atoms with Crippen molar-refractivity contribution in [3.8, 4) is 0 Å². The SMILES string of the molecule is C[C@H](N)C(=O)N[C@@H](Cc1c[nH]cn1)C(=O)[O-].C[C@H](N)C(=O)N[C@@H](Cc1c[nH]cn1)C(=O)[O-].[Mn+2]. The van der Waals surface area contributed by atoms with Crippen molar-refractivity contribution in [2.45, 2.75) is 50.9 Å². The van der Waals surface area contributed by atoms with Crippen LogP contribution in [0.15, 0.2) is 25.0 Å². The second-order valence-corrected chi connectivity index (χ2v) is 6.87. The first-order valence-electron chi connectivity index (χ1n) is 9.50. The fourth-order valence-electron chi connectivity index (χ4n) is 2.22. The number of nitrogens with two attached hydrogens (primary N) is 2. The smallest absolute Gasteiger partial charge is 0.548 e. The molecule has 2 aromatic heterocycles. The van der Waals surface area contributed by atoms with Crippen LogP contribution >= 0.6 is 0 Å². The molecule has 33 heavy (non-hydrogen) atoms. The molecule has 0 aromatic carbocycles. The number of nitrogens with one attached hydrogen (secondary N) is 4. The number of aromatic amines is 2. The van der Waals surface area contributed by atoms with E-state index in [9.17, 15) is 29.4 Å². The molecule has 0 saturated carbocycles. The maximum Gasteiger partial charge on any atom is 2.00 e. The summed E-state index contributed by atoms with van der Waals surface area (Å²) in [4.78, 5) is 57.1. The Hall–Kier alpha value is -3.26. The molecule has 1 radical (unpaired) electrons. The number of carboxylic acids is 2. The monoisotopic (exact) mass is 505 g/mol. The first kappa shape index (κ1) is 29.7. The van der Waals surface area contributed by atoms with Gasteiger partial charge in [-0.2, -0.15) is 0 Å². The normalized spacial score (nSPS) is 13.7. The third kappa shape index (κ3) is 11.2. The van der Waals surface area contributed by atoms with Crippen LogP contribution in [-0.2, 0) is 49.1 Å². The van der Waals surface area contributed by atoms with Gasteiger partial charge in [0, 0.05) is 25.2 Å². The summed E-state index contributed by atoms with van der Waals surface area (Å²) in [5.74, 6) is -3.80. The Balaban J connectivity index is 0.000000602. The van der Waals surface area contributed by atoms with Crippen molar-refractivity contribution in [1.29, 1.82) is 0 Å². The molecular weight excluding hydrogens is 479 g/mol. The quantitative estimate of drug-likeness (QED) is 0.168. The number of carbonyl (C=O) groups is 4. The van der Waals surface area contributed by atoms with Gasteiger partial charge in [-0.25, -0.2) is 9.97 Å². The molecule has 0 aliphatic rings. The molecule has 4 atom stereocenters. The summed E-state index contributed by atoms with van der Waals surface area (Å²) >= 11 is 0. The number of H-pyrrole nitrogens is 2. The Morgan fingerprint density at radius 2 is 1.18 bits per heavy atom. The molecule has 2 aromatic rings.